The Morgan fingerprint density at radius 1 is 1.28 bits per heavy atom. The van der Waals surface area contributed by atoms with E-state index in [0.717, 1.165) is 6.42 Å². The molecular formula is C13H26N2O3. The molecule has 18 heavy (non-hydrogen) atoms. The number of carboxylic acids is 1. The molecule has 0 saturated heterocycles. The summed E-state index contributed by atoms with van der Waals surface area (Å²) in [5, 5.41) is 14.7. The zero-order chi connectivity index (χ0) is 14.3. The van der Waals surface area contributed by atoms with Crippen molar-refractivity contribution < 1.29 is 14.7 Å². The first-order valence-electron chi connectivity index (χ1n) is 6.41. The van der Waals surface area contributed by atoms with Crippen LogP contribution in [-0.4, -0.2) is 35.6 Å². The van der Waals surface area contributed by atoms with Crippen LogP contribution in [0.25, 0.3) is 0 Å². The molecule has 2 atom stereocenters. The van der Waals surface area contributed by atoms with Crippen LogP contribution < -0.4 is 10.6 Å². The Bertz CT molecular complexity index is 284. The van der Waals surface area contributed by atoms with Gasteiger partial charge in [0.2, 0.25) is 5.91 Å². The number of carbonyl (C=O) groups is 2. The highest BCUT2D eigenvalue weighted by atomic mass is 16.4. The summed E-state index contributed by atoms with van der Waals surface area (Å²) in [5.41, 5.74) is -0.273. The topological polar surface area (TPSA) is 78.4 Å². The zero-order valence-corrected chi connectivity index (χ0v) is 12.0. The lowest BCUT2D eigenvalue weighted by Crippen LogP contribution is -2.48. The largest absolute Gasteiger partial charge is 0.481 e. The molecule has 0 aliphatic carbocycles. The van der Waals surface area contributed by atoms with Gasteiger partial charge in [-0.25, -0.2) is 0 Å². The van der Waals surface area contributed by atoms with Gasteiger partial charge in [-0.15, -0.1) is 0 Å². The van der Waals surface area contributed by atoms with Crippen LogP contribution in [0.15, 0.2) is 0 Å². The molecule has 106 valence electrons. The Kier molecular flexibility index (Phi) is 6.91. The third-order valence-electron chi connectivity index (χ3n) is 2.98. The Morgan fingerprint density at radius 3 is 2.22 bits per heavy atom. The van der Waals surface area contributed by atoms with E-state index in [1.807, 2.05) is 34.6 Å². The summed E-state index contributed by atoms with van der Waals surface area (Å²) in [7, 11) is 0. The molecule has 0 fully saturated rings. The number of rotatable bonds is 7. The molecule has 0 aromatic rings. The molecule has 5 nitrogen and oxygen atoms in total. The van der Waals surface area contributed by atoms with Crippen molar-refractivity contribution >= 4 is 11.9 Å². The van der Waals surface area contributed by atoms with Crippen molar-refractivity contribution in [3.63, 3.8) is 0 Å². The third kappa shape index (κ3) is 7.27. The molecule has 5 heteroatoms. The number of hydrogen-bond acceptors (Lipinski definition) is 3. The lowest BCUT2D eigenvalue weighted by atomic mass is 9.84. The molecule has 2 unspecified atom stereocenters. The molecule has 1 amide bonds. The maximum absolute atomic E-state index is 11.7. The third-order valence-corrected chi connectivity index (χ3v) is 2.98. The monoisotopic (exact) mass is 258 g/mol. The van der Waals surface area contributed by atoms with E-state index in [2.05, 4.69) is 10.6 Å². The van der Waals surface area contributed by atoms with Crippen molar-refractivity contribution in [1.29, 1.82) is 0 Å². The maximum atomic E-state index is 11.7. The second-order valence-electron chi connectivity index (χ2n) is 5.77. The Hall–Kier alpha value is -1.10. The van der Waals surface area contributed by atoms with E-state index in [4.69, 9.17) is 5.11 Å². The fourth-order valence-corrected chi connectivity index (χ4v) is 1.40. The standard InChI is InChI=1S/C13H26N2O3/c1-6-9(2)14-8-11(16)15-10(7-12(17)18)13(3,4)5/h9-10,14H,6-8H2,1-5H3,(H,15,16)(H,17,18). The van der Waals surface area contributed by atoms with Crippen LogP contribution in [0.2, 0.25) is 0 Å². The van der Waals surface area contributed by atoms with Crippen LogP contribution in [0, 0.1) is 5.41 Å². The summed E-state index contributed by atoms with van der Waals surface area (Å²) < 4.78 is 0. The normalized spacial score (nSPS) is 14.9. The highest BCUT2D eigenvalue weighted by molar-refractivity contribution is 5.79. The van der Waals surface area contributed by atoms with Crippen LogP contribution in [0.3, 0.4) is 0 Å². The van der Waals surface area contributed by atoms with Gasteiger partial charge in [-0.2, -0.15) is 0 Å². The maximum Gasteiger partial charge on any atom is 0.305 e. The average molecular weight is 258 g/mol. The lowest BCUT2D eigenvalue weighted by molar-refractivity contribution is -0.138. The zero-order valence-electron chi connectivity index (χ0n) is 12.0. The van der Waals surface area contributed by atoms with Gasteiger partial charge in [0.15, 0.2) is 0 Å². The summed E-state index contributed by atoms with van der Waals surface area (Å²) >= 11 is 0. The predicted octanol–water partition coefficient (Wildman–Crippen LogP) is 1.38. The first kappa shape index (κ1) is 16.9. The summed E-state index contributed by atoms with van der Waals surface area (Å²) in [4.78, 5) is 22.5. The molecule has 0 bridgehead atoms. The number of nitrogens with one attached hydrogen (secondary N) is 2. The van der Waals surface area contributed by atoms with E-state index in [0.29, 0.717) is 0 Å². The molecule has 0 saturated carbocycles. The van der Waals surface area contributed by atoms with E-state index >= 15 is 0 Å². The minimum Gasteiger partial charge on any atom is -0.481 e. The Morgan fingerprint density at radius 2 is 1.83 bits per heavy atom. The minimum atomic E-state index is -0.898. The predicted molar refractivity (Wildman–Crippen MR) is 71.4 cm³/mol. The second-order valence-corrected chi connectivity index (χ2v) is 5.77. The molecule has 0 aromatic heterocycles. The smallest absolute Gasteiger partial charge is 0.305 e. The van der Waals surface area contributed by atoms with Gasteiger partial charge in [-0.3, -0.25) is 9.59 Å². The average Bonchev–Trinajstić information content (AvgIpc) is 2.23. The van der Waals surface area contributed by atoms with Crippen molar-refractivity contribution in [2.24, 2.45) is 5.41 Å². The van der Waals surface area contributed by atoms with Gasteiger partial charge in [0.1, 0.15) is 0 Å². The highest BCUT2D eigenvalue weighted by Crippen LogP contribution is 2.21. The minimum absolute atomic E-state index is 0.0570. The molecule has 0 rings (SSSR count). The van der Waals surface area contributed by atoms with E-state index in [-0.39, 0.29) is 36.4 Å². The fourth-order valence-electron chi connectivity index (χ4n) is 1.40. The van der Waals surface area contributed by atoms with Crippen molar-refractivity contribution in [1.82, 2.24) is 10.6 Å². The lowest BCUT2D eigenvalue weighted by Gasteiger charge is -2.30. The number of carboxylic acid groups (broad SMARTS) is 1. The summed E-state index contributed by atoms with van der Waals surface area (Å²) in [6.07, 6.45) is 0.893. The highest BCUT2D eigenvalue weighted by Gasteiger charge is 2.28. The van der Waals surface area contributed by atoms with E-state index in [1.165, 1.54) is 0 Å². The van der Waals surface area contributed by atoms with Crippen molar-refractivity contribution in [2.45, 2.75) is 59.5 Å². The molecular weight excluding hydrogens is 232 g/mol. The van der Waals surface area contributed by atoms with Crippen molar-refractivity contribution in [3.05, 3.63) is 0 Å². The van der Waals surface area contributed by atoms with Gasteiger partial charge in [-0.05, 0) is 18.8 Å². The molecule has 0 aromatic carbocycles. The van der Waals surface area contributed by atoms with Crippen LogP contribution in [-0.2, 0) is 9.59 Å². The first-order valence-corrected chi connectivity index (χ1v) is 6.41. The van der Waals surface area contributed by atoms with Gasteiger partial charge in [0, 0.05) is 12.1 Å². The summed E-state index contributed by atoms with van der Waals surface area (Å²) in [6, 6.07) is -0.0791. The number of amides is 1. The van der Waals surface area contributed by atoms with Gasteiger partial charge in [-0.1, -0.05) is 27.7 Å². The number of hydrogen-bond donors (Lipinski definition) is 3. The van der Waals surface area contributed by atoms with Gasteiger partial charge in [0.25, 0.3) is 0 Å². The van der Waals surface area contributed by atoms with E-state index < -0.39 is 5.97 Å². The van der Waals surface area contributed by atoms with Crippen molar-refractivity contribution in [3.8, 4) is 0 Å². The first-order chi connectivity index (χ1) is 8.16. The van der Waals surface area contributed by atoms with Crippen molar-refractivity contribution in [2.75, 3.05) is 6.54 Å². The summed E-state index contributed by atoms with van der Waals surface area (Å²) in [5.74, 6) is -1.05. The summed E-state index contributed by atoms with van der Waals surface area (Å²) in [6.45, 7) is 10.0. The molecule has 0 heterocycles. The number of aliphatic carboxylic acids is 1. The van der Waals surface area contributed by atoms with Gasteiger partial charge < -0.3 is 15.7 Å². The SMILES string of the molecule is CCC(C)NCC(=O)NC(CC(=O)O)C(C)(C)C. The molecule has 3 N–H and O–H groups in total. The van der Waals surface area contributed by atoms with Crippen LogP contribution in [0.5, 0.6) is 0 Å². The van der Waals surface area contributed by atoms with Gasteiger partial charge in [0.05, 0.1) is 13.0 Å². The molecule has 0 aliphatic rings. The fraction of sp³-hybridized carbons (Fsp3) is 0.846. The molecule has 0 radical (unpaired) electrons. The number of carbonyl (C=O) groups excluding carboxylic acids is 1. The van der Waals surface area contributed by atoms with Crippen LogP contribution in [0.4, 0.5) is 0 Å². The van der Waals surface area contributed by atoms with Crippen LogP contribution >= 0.6 is 0 Å². The van der Waals surface area contributed by atoms with Gasteiger partial charge >= 0.3 is 5.97 Å². The Balaban J connectivity index is 4.32. The van der Waals surface area contributed by atoms with E-state index in [9.17, 15) is 9.59 Å². The van der Waals surface area contributed by atoms with Crippen LogP contribution in [0.1, 0.15) is 47.5 Å². The quantitative estimate of drug-likeness (QED) is 0.644. The molecule has 0 spiro atoms. The Labute approximate surface area is 109 Å². The second kappa shape index (κ2) is 7.36. The van der Waals surface area contributed by atoms with E-state index in [1.54, 1.807) is 0 Å². The molecule has 0 aliphatic heterocycles.